The van der Waals surface area contributed by atoms with Crippen LogP contribution in [0.15, 0.2) is 54.6 Å². The van der Waals surface area contributed by atoms with E-state index in [9.17, 15) is 4.79 Å². The molecule has 2 aromatic carbocycles. The second-order valence-electron chi connectivity index (χ2n) is 4.54. The minimum Gasteiger partial charge on any atom is -0.351 e. The minimum atomic E-state index is -0.120. The lowest BCUT2D eigenvalue weighted by molar-refractivity contribution is 0.102. The number of hydrogen-bond acceptors (Lipinski definition) is 1. The van der Waals surface area contributed by atoms with Crippen LogP contribution in [0.1, 0.15) is 16.1 Å². The number of benzene rings is 2. The molecule has 0 fully saturated rings. The van der Waals surface area contributed by atoms with Crippen molar-refractivity contribution in [2.24, 2.45) is 0 Å². The summed E-state index contributed by atoms with van der Waals surface area (Å²) in [5.41, 5.74) is 3.43. The Morgan fingerprint density at radius 1 is 1.05 bits per heavy atom. The molecule has 1 aromatic heterocycles. The largest absolute Gasteiger partial charge is 0.351 e. The molecule has 3 aromatic rings. The van der Waals surface area contributed by atoms with Gasteiger partial charge in [-0.1, -0.05) is 36.4 Å². The van der Waals surface area contributed by atoms with Gasteiger partial charge in [0.15, 0.2) is 0 Å². The molecule has 94 valence electrons. The molecule has 19 heavy (non-hydrogen) atoms. The molecular formula is C16H14N2O. The van der Waals surface area contributed by atoms with Gasteiger partial charge in [-0.3, -0.25) is 4.79 Å². The van der Waals surface area contributed by atoms with E-state index >= 15 is 0 Å². The Morgan fingerprint density at radius 3 is 2.58 bits per heavy atom. The predicted octanol–water partition coefficient (Wildman–Crippen LogP) is 3.73. The van der Waals surface area contributed by atoms with Crippen LogP contribution in [0.25, 0.3) is 10.9 Å². The number of anilines is 1. The highest BCUT2D eigenvalue weighted by molar-refractivity contribution is 6.06. The summed E-state index contributed by atoms with van der Waals surface area (Å²) in [6.07, 6.45) is 0. The zero-order valence-corrected chi connectivity index (χ0v) is 10.6. The normalized spacial score (nSPS) is 10.6. The Balaban J connectivity index is 1.90. The van der Waals surface area contributed by atoms with E-state index in [1.807, 2.05) is 61.5 Å². The molecule has 0 aliphatic carbocycles. The number of hydrogen-bond donors (Lipinski definition) is 2. The Hall–Kier alpha value is -2.55. The van der Waals surface area contributed by atoms with Gasteiger partial charge < -0.3 is 10.3 Å². The third kappa shape index (κ3) is 2.22. The first-order chi connectivity index (χ1) is 9.24. The molecule has 0 aliphatic heterocycles. The molecule has 0 saturated heterocycles. The fourth-order valence-electron chi connectivity index (χ4n) is 2.10. The lowest BCUT2D eigenvalue weighted by Crippen LogP contribution is -2.12. The smallest absolute Gasteiger partial charge is 0.272 e. The predicted molar refractivity (Wildman–Crippen MR) is 77.4 cm³/mol. The summed E-state index contributed by atoms with van der Waals surface area (Å²) < 4.78 is 0. The number of para-hydroxylation sites is 2. The number of aryl methyl sites for hydroxylation is 1. The number of fused-ring (bicyclic) bond motifs is 1. The van der Waals surface area contributed by atoms with Gasteiger partial charge in [0.2, 0.25) is 0 Å². The Morgan fingerprint density at radius 2 is 1.79 bits per heavy atom. The maximum atomic E-state index is 12.2. The van der Waals surface area contributed by atoms with Gasteiger partial charge in [0.1, 0.15) is 5.69 Å². The molecule has 0 spiro atoms. The van der Waals surface area contributed by atoms with E-state index in [-0.39, 0.29) is 5.91 Å². The van der Waals surface area contributed by atoms with E-state index in [4.69, 9.17) is 0 Å². The molecule has 0 aliphatic rings. The molecule has 0 bridgehead atoms. The van der Waals surface area contributed by atoms with Crippen LogP contribution in [-0.4, -0.2) is 10.9 Å². The second kappa shape index (κ2) is 4.61. The summed E-state index contributed by atoms with van der Waals surface area (Å²) in [6.45, 7) is 1.97. The summed E-state index contributed by atoms with van der Waals surface area (Å²) >= 11 is 0. The number of amides is 1. The van der Waals surface area contributed by atoms with Crippen molar-refractivity contribution in [3.8, 4) is 0 Å². The van der Waals surface area contributed by atoms with Crippen molar-refractivity contribution >= 4 is 22.5 Å². The lowest BCUT2D eigenvalue weighted by atomic mass is 10.2. The zero-order chi connectivity index (χ0) is 13.2. The average Bonchev–Trinajstić information content (AvgIpc) is 2.85. The van der Waals surface area contributed by atoms with Crippen LogP contribution >= 0.6 is 0 Å². The number of aromatic nitrogens is 1. The number of aromatic amines is 1. The van der Waals surface area contributed by atoms with Gasteiger partial charge in [-0.05, 0) is 30.7 Å². The van der Waals surface area contributed by atoms with Gasteiger partial charge >= 0.3 is 0 Å². The van der Waals surface area contributed by atoms with Crippen LogP contribution < -0.4 is 5.32 Å². The third-order valence-corrected chi connectivity index (χ3v) is 3.17. The van der Waals surface area contributed by atoms with Crippen LogP contribution in [-0.2, 0) is 0 Å². The fourth-order valence-corrected chi connectivity index (χ4v) is 2.10. The van der Waals surface area contributed by atoms with Gasteiger partial charge in [0.05, 0.1) is 0 Å². The van der Waals surface area contributed by atoms with E-state index in [1.165, 1.54) is 0 Å². The molecular weight excluding hydrogens is 236 g/mol. The monoisotopic (exact) mass is 250 g/mol. The molecule has 1 amide bonds. The number of nitrogens with one attached hydrogen (secondary N) is 2. The summed E-state index contributed by atoms with van der Waals surface area (Å²) in [6, 6.07) is 17.4. The van der Waals surface area contributed by atoms with Crippen LogP contribution in [0, 0.1) is 6.92 Å². The Bertz CT molecular complexity index is 710. The highest BCUT2D eigenvalue weighted by atomic mass is 16.1. The average molecular weight is 250 g/mol. The van der Waals surface area contributed by atoms with Gasteiger partial charge in [-0.25, -0.2) is 0 Å². The maximum absolute atomic E-state index is 12.2. The van der Waals surface area contributed by atoms with Gasteiger partial charge in [0, 0.05) is 16.6 Å². The molecule has 0 saturated carbocycles. The third-order valence-electron chi connectivity index (χ3n) is 3.17. The number of rotatable bonds is 2. The first-order valence-corrected chi connectivity index (χ1v) is 6.19. The van der Waals surface area contributed by atoms with Crippen molar-refractivity contribution in [2.45, 2.75) is 6.92 Å². The molecule has 0 atom stereocenters. The second-order valence-corrected chi connectivity index (χ2v) is 4.54. The summed E-state index contributed by atoms with van der Waals surface area (Å²) in [5.74, 6) is -0.120. The van der Waals surface area contributed by atoms with Gasteiger partial charge in [0.25, 0.3) is 5.91 Å². The summed E-state index contributed by atoms with van der Waals surface area (Å²) in [5, 5.41) is 3.96. The van der Waals surface area contributed by atoms with Crippen LogP contribution in [0.4, 0.5) is 5.69 Å². The van der Waals surface area contributed by atoms with Gasteiger partial charge in [-0.15, -0.1) is 0 Å². The number of H-pyrrole nitrogens is 1. The maximum Gasteiger partial charge on any atom is 0.272 e. The quantitative estimate of drug-likeness (QED) is 0.715. The van der Waals surface area contributed by atoms with E-state index in [2.05, 4.69) is 10.3 Å². The highest BCUT2D eigenvalue weighted by Gasteiger charge is 2.10. The summed E-state index contributed by atoms with van der Waals surface area (Å²) in [4.78, 5) is 15.3. The number of carbonyl (C=O) groups excluding carboxylic acids is 1. The molecule has 3 nitrogen and oxygen atoms in total. The molecule has 3 heteroatoms. The van der Waals surface area contributed by atoms with Crippen molar-refractivity contribution in [1.82, 2.24) is 4.98 Å². The lowest BCUT2D eigenvalue weighted by Gasteiger charge is -2.06. The standard InChI is InChI=1S/C16H14N2O/c1-11-6-2-4-8-13(11)18-16(19)15-10-12-7-3-5-9-14(12)17-15/h2-10,17H,1H3,(H,18,19). The molecule has 0 radical (unpaired) electrons. The zero-order valence-electron chi connectivity index (χ0n) is 10.6. The van der Waals surface area contributed by atoms with Crippen molar-refractivity contribution in [1.29, 1.82) is 0 Å². The Kier molecular flexibility index (Phi) is 2.80. The molecule has 2 N–H and O–H groups in total. The first kappa shape index (κ1) is 11.5. The van der Waals surface area contributed by atoms with Crippen molar-refractivity contribution in [3.63, 3.8) is 0 Å². The van der Waals surface area contributed by atoms with Gasteiger partial charge in [-0.2, -0.15) is 0 Å². The highest BCUT2D eigenvalue weighted by Crippen LogP contribution is 2.17. The van der Waals surface area contributed by atoms with Crippen molar-refractivity contribution in [2.75, 3.05) is 5.32 Å². The topological polar surface area (TPSA) is 44.9 Å². The minimum absolute atomic E-state index is 0.120. The van der Waals surface area contributed by atoms with E-state index in [0.717, 1.165) is 22.2 Å². The fraction of sp³-hybridized carbons (Fsp3) is 0.0625. The molecule has 0 unspecified atom stereocenters. The van der Waals surface area contributed by atoms with E-state index in [0.29, 0.717) is 5.69 Å². The number of carbonyl (C=O) groups is 1. The van der Waals surface area contributed by atoms with Crippen molar-refractivity contribution in [3.05, 3.63) is 65.9 Å². The van der Waals surface area contributed by atoms with Crippen LogP contribution in [0.5, 0.6) is 0 Å². The van der Waals surface area contributed by atoms with E-state index < -0.39 is 0 Å². The Labute approximate surface area is 111 Å². The summed E-state index contributed by atoms with van der Waals surface area (Å²) in [7, 11) is 0. The molecule has 1 heterocycles. The molecule has 3 rings (SSSR count). The van der Waals surface area contributed by atoms with E-state index in [1.54, 1.807) is 0 Å². The van der Waals surface area contributed by atoms with Crippen LogP contribution in [0.2, 0.25) is 0 Å². The SMILES string of the molecule is Cc1ccccc1NC(=O)c1cc2ccccc2[nH]1. The van der Waals surface area contributed by atoms with Crippen LogP contribution in [0.3, 0.4) is 0 Å². The van der Waals surface area contributed by atoms with Crippen molar-refractivity contribution < 1.29 is 4.79 Å². The first-order valence-electron chi connectivity index (χ1n) is 6.19.